The molecular formula is C18H17BrN4S. The van der Waals surface area contributed by atoms with Crippen LogP contribution in [0.5, 0.6) is 0 Å². The van der Waals surface area contributed by atoms with Crippen LogP contribution in [0.2, 0.25) is 0 Å². The van der Waals surface area contributed by atoms with Gasteiger partial charge in [0.2, 0.25) is 4.80 Å². The summed E-state index contributed by atoms with van der Waals surface area (Å²) in [6, 6.07) is 12.3. The minimum atomic E-state index is 0.212. The smallest absolute Gasteiger partial charge is 0.206 e. The van der Waals surface area contributed by atoms with Gasteiger partial charge < -0.3 is 0 Å². The third-order valence-corrected chi connectivity index (χ3v) is 4.58. The lowest BCUT2D eigenvalue weighted by Gasteiger charge is -2.04. The van der Waals surface area contributed by atoms with Crippen molar-refractivity contribution in [3.05, 3.63) is 69.0 Å². The predicted molar refractivity (Wildman–Crippen MR) is 103 cm³/mol. The summed E-state index contributed by atoms with van der Waals surface area (Å²) in [5.41, 5.74) is 3.13. The Kier molecular flexibility index (Phi) is 5.37. The summed E-state index contributed by atoms with van der Waals surface area (Å²) in [4.78, 5) is 9.60. The molecule has 0 saturated carbocycles. The number of nitrogens with zero attached hydrogens (tertiary/aromatic N) is 4. The number of hydrogen-bond donors (Lipinski definition) is 0. The van der Waals surface area contributed by atoms with Gasteiger partial charge in [-0.15, -0.1) is 11.3 Å². The van der Waals surface area contributed by atoms with Gasteiger partial charge in [0.15, 0.2) is 0 Å². The van der Waals surface area contributed by atoms with Crippen LogP contribution in [-0.4, -0.2) is 21.9 Å². The molecule has 0 spiro atoms. The van der Waals surface area contributed by atoms with Crippen molar-refractivity contribution < 1.29 is 0 Å². The molecule has 6 heteroatoms. The van der Waals surface area contributed by atoms with Crippen LogP contribution in [-0.2, 0) is 0 Å². The lowest BCUT2D eigenvalue weighted by atomic mass is 10.2. The highest BCUT2D eigenvalue weighted by molar-refractivity contribution is 9.10. The van der Waals surface area contributed by atoms with E-state index in [2.05, 4.69) is 62.4 Å². The van der Waals surface area contributed by atoms with Crippen LogP contribution in [0.4, 0.5) is 0 Å². The largest absolute Gasteiger partial charge is 0.265 e. The van der Waals surface area contributed by atoms with Crippen molar-refractivity contribution in [2.24, 2.45) is 10.1 Å². The molecule has 1 aromatic carbocycles. The van der Waals surface area contributed by atoms with Crippen molar-refractivity contribution in [2.75, 3.05) is 0 Å². The fourth-order valence-electron chi connectivity index (χ4n) is 2.11. The molecule has 0 bridgehead atoms. The van der Waals surface area contributed by atoms with E-state index >= 15 is 0 Å². The second kappa shape index (κ2) is 7.68. The molecular weight excluding hydrogens is 384 g/mol. The summed E-state index contributed by atoms with van der Waals surface area (Å²) in [7, 11) is 0. The van der Waals surface area contributed by atoms with Crippen LogP contribution in [0.1, 0.15) is 19.4 Å². The quantitative estimate of drug-likeness (QED) is 0.591. The summed E-state index contributed by atoms with van der Waals surface area (Å²) >= 11 is 5.07. The number of benzene rings is 1. The van der Waals surface area contributed by atoms with Crippen molar-refractivity contribution in [1.29, 1.82) is 0 Å². The zero-order valence-electron chi connectivity index (χ0n) is 13.4. The van der Waals surface area contributed by atoms with Crippen molar-refractivity contribution in [3.8, 4) is 11.3 Å². The molecule has 0 N–H and O–H groups in total. The Balaban J connectivity index is 2.08. The molecule has 0 atom stereocenters. The lowest BCUT2D eigenvalue weighted by Crippen LogP contribution is -2.14. The van der Waals surface area contributed by atoms with E-state index in [4.69, 9.17) is 0 Å². The fourth-order valence-corrected chi connectivity index (χ4v) is 3.35. The minimum Gasteiger partial charge on any atom is -0.265 e. The standard InChI is InChI=1S/C18H17BrN4S/c1-13(2)22-18-23(21-11-14-7-9-20-10-8-14)17(12-24-18)15-3-5-16(19)6-4-15/h3-13H,1-2H3. The van der Waals surface area contributed by atoms with Gasteiger partial charge in [0.05, 0.1) is 11.9 Å². The van der Waals surface area contributed by atoms with E-state index in [0.29, 0.717) is 0 Å². The first-order chi connectivity index (χ1) is 11.6. The Morgan fingerprint density at radius 1 is 1.12 bits per heavy atom. The van der Waals surface area contributed by atoms with Crippen molar-refractivity contribution in [1.82, 2.24) is 9.66 Å². The van der Waals surface area contributed by atoms with E-state index in [1.54, 1.807) is 23.7 Å². The SMILES string of the molecule is CC(C)N=c1scc(-c2ccc(Br)cc2)n1N=Cc1ccncc1. The van der Waals surface area contributed by atoms with Crippen LogP contribution in [0.25, 0.3) is 11.3 Å². The van der Waals surface area contributed by atoms with Gasteiger partial charge in [-0.2, -0.15) is 5.10 Å². The zero-order chi connectivity index (χ0) is 16.9. The highest BCUT2D eigenvalue weighted by Gasteiger charge is 2.07. The van der Waals surface area contributed by atoms with Crippen LogP contribution >= 0.6 is 27.3 Å². The monoisotopic (exact) mass is 400 g/mol. The summed E-state index contributed by atoms with van der Waals surface area (Å²) in [6.07, 6.45) is 5.35. The Morgan fingerprint density at radius 3 is 2.50 bits per heavy atom. The number of rotatable bonds is 4. The van der Waals surface area contributed by atoms with Crippen molar-refractivity contribution in [2.45, 2.75) is 19.9 Å². The highest BCUT2D eigenvalue weighted by atomic mass is 79.9. The van der Waals surface area contributed by atoms with Crippen LogP contribution in [0, 0.1) is 0 Å². The maximum Gasteiger partial charge on any atom is 0.206 e. The average Bonchev–Trinajstić information content (AvgIpc) is 2.96. The van der Waals surface area contributed by atoms with Gasteiger partial charge in [-0.05, 0) is 43.7 Å². The topological polar surface area (TPSA) is 42.5 Å². The summed E-state index contributed by atoms with van der Waals surface area (Å²) in [6.45, 7) is 4.13. The Hall–Kier alpha value is -2.05. The van der Waals surface area contributed by atoms with Crippen molar-refractivity contribution in [3.63, 3.8) is 0 Å². The molecule has 0 aliphatic heterocycles. The normalized spacial score (nSPS) is 12.4. The van der Waals surface area contributed by atoms with Gasteiger partial charge in [0.1, 0.15) is 0 Å². The number of pyridine rings is 1. The minimum absolute atomic E-state index is 0.212. The van der Waals surface area contributed by atoms with E-state index in [-0.39, 0.29) is 6.04 Å². The molecule has 0 fully saturated rings. The molecule has 122 valence electrons. The first-order valence-corrected chi connectivity index (χ1v) is 9.25. The summed E-state index contributed by atoms with van der Waals surface area (Å²) in [5.74, 6) is 0. The molecule has 24 heavy (non-hydrogen) atoms. The van der Waals surface area contributed by atoms with E-state index in [9.17, 15) is 0 Å². The molecule has 4 nitrogen and oxygen atoms in total. The highest BCUT2D eigenvalue weighted by Crippen LogP contribution is 2.22. The number of thiazole rings is 1. The van der Waals surface area contributed by atoms with Crippen LogP contribution in [0.15, 0.2) is 68.7 Å². The predicted octanol–water partition coefficient (Wildman–Crippen LogP) is 4.57. The zero-order valence-corrected chi connectivity index (χ0v) is 15.8. The van der Waals surface area contributed by atoms with Crippen molar-refractivity contribution >= 4 is 33.5 Å². The van der Waals surface area contributed by atoms with Gasteiger partial charge in [0.25, 0.3) is 0 Å². The first kappa shape index (κ1) is 16.8. The molecule has 0 saturated heterocycles. The molecule has 0 unspecified atom stereocenters. The number of halogens is 1. The van der Waals surface area contributed by atoms with E-state index in [0.717, 1.165) is 26.1 Å². The van der Waals surface area contributed by atoms with E-state index < -0.39 is 0 Å². The molecule has 0 aliphatic rings. The average molecular weight is 401 g/mol. The maximum atomic E-state index is 4.68. The Labute approximate surface area is 153 Å². The molecule has 0 amide bonds. The van der Waals surface area contributed by atoms with Gasteiger partial charge >= 0.3 is 0 Å². The molecule has 2 aromatic heterocycles. The second-order valence-corrected chi connectivity index (χ2v) is 7.22. The third-order valence-electron chi connectivity index (χ3n) is 3.22. The van der Waals surface area contributed by atoms with Gasteiger partial charge in [-0.3, -0.25) is 9.98 Å². The Morgan fingerprint density at radius 2 is 1.83 bits per heavy atom. The molecule has 3 aromatic rings. The number of aromatic nitrogens is 2. The molecule has 3 rings (SSSR count). The third kappa shape index (κ3) is 4.07. The van der Waals surface area contributed by atoms with Crippen LogP contribution in [0.3, 0.4) is 0 Å². The molecule has 0 radical (unpaired) electrons. The van der Waals surface area contributed by atoms with Gasteiger partial charge in [-0.25, -0.2) is 4.68 Å². The first-order valence-electron chi connectivity index (χ1n) is 7.58. The fraction of sp³-hybridized carbons (Fsp3) is 0.167. The molecule has 2 heterocycles. The number of hydrogen-bond acceptors (Lipinski definition) is 4. The molecule has 0 aliphatic carbocycles. The van der Waals surface area contributed by atoms with Crippen LogP contribution < -0.4 is 4.80 Å². The summed E-state index contributed by atoms with van der Waals surface area (Å²) < 4.78 is 2.95. The van der Waals surface area contributed by atoms with Gasteiger partial charge in [-0.1, -0.05) is 28.1 Å². The van der Waals surface area contributed by atoms with Gasteiger partial charge in [0, 0.05) is 33.9 Å². The second-order valence-electron chi connectivity index (χ2n) is 5.47. The lowest BCUT2D eigenvalue weighted by molar-refractivity contribution is 0.754. The van der Waals surface area contributed by atoms with E-state index in [1.165, 1.54) is 0 Å². The maximum absolute atomic E-state index is 4.68. The Bertz CT molecular complexity index is 893. The summed E-state index contributed by atoms with van der Waals surface area (Å²) in [5, 5.41) is 6.75. The van der Waals surface area contributed by atoms with E-state index in [1.807, 2.05) is 35.2 Å².